The van der Waals surface area contributed by atoms with E-state index in [0.29, 0.717) is 5.76 Å². The van der Waals surface area contributed by atoms with Crippen molar-refractivity contribution in [2.24, 2.45) is 0 Å². The Bertz CT molecular complexity index is 233. The molecule has 0 aliphatic heterocycles. The van der Waals surface area contributed by atoms with Crippen molar-refractivity contribution < 1.29 is 9.52 Å². The molecule has 0 amide bonds. The van der Waals surface area contributed by atoms with E-state index in [1.54, 1.807) is 0 Å². The molecule has 9 heavy (non-hydrogen) atoms. The van der Waals surface area contributed by atoms with Crippen LogP contribution in [0.15, 0.2) is 16.7 Å². The maximum Gasteiger partial charge on any atom is 0.159 e. The molecule has 0 spiro atoms. The summed E-state index contributed by atoms with van der Waals surface area (Å²) in [7, 11) is 0. The van der Waals surface area contributed by atoms with Gasteiger partial charge in [0.1, 0.15) is 0 Å². The van der Waals surface area contributed by atoms with Crippen LogP contribution in [0.3, 0.4) is 0 Å². The fourth-order valence-electron chi connectivity index (χ4n) is 0.538. The van der Waals surface area contributed by atoms with Crippen LogP contribution in [-0.2, 0) is 6.42 Å². The molecule has 0 aliphatic rings. The average Bonchev–Trinajstić information content (AvgIpc) is 2.18. The van der Waals surface area contributed by atoms with Crippen LogP contribution in [-0.4, -0.2) is 5.11 Å². The van der Waals surface area contributed by atoms with Gasteiger partial charge in [-0.05, 0) is 0 Å². The van der Waals surface area contributed by atoms with Crippen molar-refractivity contribution in [2.75, 3.05) is 0 Å². The first-order valence-corrected chi connectivity index (χ1v) is 2.47. The molecule has 0 saturated carbocycles. The second kappa shape index (κ2) is 2.23. The Morgan fingerprint density at radius 3 is 3.00 bits per heavy atom. The lowest BCUT2D eigenvalue weighted by molar-refractivity contribution is 0.438. The van der Waals surface area contributed by atoms with Gasteiger partial charge in [-0.2, -0.15) is 5.26 Å². The Morgan fingerprint density at radius 1 is 1.78 bits per heavy atom. The van der Waals surface area contributed by atoms with Crippen LogP contribution in [0.25, 0.3) is 0 Å². The summed E-state index contributed by atoms with van der Waals surface area (Å²) < 4.78 is 4.73. The summed E-state index contributed by atoms with van der Waals surface area (Å²) in [5.41, 5.74) is 0. The highest BCUT2D eigenvalue weighted by Crippen LogP contribution is 2.16. The molecular formula is C6H5NO2. The monoisotopic (exact) mass is 123 g/mol. The van der Waals surface area contributed by atoms with Gasteiger partial charge in [0.05, 0.1) is 18.8 Å². The Balaban J connectivity index is 2.84. The molecule has 0 unspecified atom stereocenters. The molecule has 1 heterocycles. The summed E-state index contributed by atoms with van der Waals surface area (Å²) in [6.07, 6.45) is 1.47. The van der Waals surface area contributed by atoms with E-state index in [4.69, 9.17) is 14.8 Å². The number of nitrogens with zero attached hydrogens (tertiary/aromatic N) is 1. The van der Waals surface area contributed by atoms with Crippen LogP contribution in [0, 0.1) is 11.3 Å². The minimum atomic E-state index is 0.0524. The van der Waals surface area contributed by atoms with Gasteiger partial charge in [0.25, 0.3) is 0 Å². The molecule has 0 bridgehead atoms. The summed E-state index contributed by atoms with van der Waals surface area (Å²) in [6.45, 7) is 0. The number of hydrogen-bond donors (Lipinski definition) is 1. The fraction of sp³-hybridized carbons (Fsp3) is 0.167. The molecule has 0 aliphatic carbocycles. The van der Waals surface area contributed by atoms with E-state index >= 15 is 0 Å². The molecule has 0 saturated heterocycles. The molecule has 0 fully saturated rings. The number of hydrogen-bond acceptors (Lipinski definition) is 3. The molecule has 3 heteroatoms. The highest BCUT2D eigenvalue weighted by atomic mass is 16.4. The Labute approximate surface area is 52.1 Å². The van der Waals surface area contributed by atoms with Gasteiger partial charge in [-0.3, -0.25) is 0 Å². The first-order chi connectivity index (χ1) is 4.34. The second-order valence-electron chi connectivity index (χ2n) is 1.56. The third-order valence-corrected chi connectivity index (χ3v) is 0.962. The summed E-state index contributed by atoms with van der Waals surface area (Å²) >= 11 is 0. The molecule has 3 nitrogen and oxygen atoms in total. The van der Waals surface area contributed by atoms with Crippen molar-refractivity contribution >= 4 is 0 Å². The van der Waals surface area contributed by atoms with E-state index in [2.05, 4.69) is 0 Å². The van der Waals surface area contributed by atoms with Crippen LogP contribution < -0.4 is 0 Å². The minimum Gasteiger partial charge on any atom is -0.504 e. The van der Waals surface area contributed by atoms with E-state index in [9.17, 15) is 0 Å². The van der Waals surface area contributed by atoms with Gasteiger partial charge in [-0.25, -0.2) is 0 Å². The Hall–Kier alpha value is -1.43. The summed E-state index contributed by atoms with van der Waals surface area (Å²) in [4.78, 5) is 0. The van der Waals surface area contributed by atoms with Crippen molar-refractivity contribution in [3.05, 3.63) is 18.1 Å². The predicted octanol–water partition coefficient (Wildman–Crippen LogP) is 1.05. The maximum absolute atomic E-state index is 8.84. The van der Waals surface area contributed by atoms with Gasteiger partial charge in [0.15, 0.2) is 11.5 Å². The highest BCUT2D eigenvalue weighted by molar-refractivity contribution is 5.24. The van der Waals surface area contributed by atoms with Crippen molar-refractivity contribution in [3.8, 4) is 11.8 Å². The normalized spacial score (nSPS) is 8.78. The molecule has 1 aromatic rings. The zero-order valence-corrected chi connectivity index (χ0v) is 4.66. The van der Waals surface area contributed by atoms with Gasteiger partial charge in [-0.1, -0.05) is 0 Å². The molecule has 46 valence electrons. The summed E-state index contributed by atoms with van der Waals surface area (Å²) in [5.74, 6) is 0.383. The minimum absolute atomic E-state index is 0.0524. The third kappa shape index (κ3) is 1.03. The summed E-state index contributed by atoms with van der Waals surface area (Å²) in [5, 5.41) is 17.0. The number of furan rings is 1. The molecule has 1 aromatic heterocycles. The molecular weight excluding hydrogens is 118 g/mol. The lowest BCUT2D eigenvalue weighted by atomic mass is 10.3. The first-order valence-electron chi connectivity index (χ1n) is 2.47. The van der Waals surface area contributed by atoms with Crippen molar-refractivity contribution in [1.29, 1.82) is 5.26 Å². The standard InChI is InChI=1S/C6H5NO2/c7-3-1-6-5(8)2-4-9-6/h2,4,8H,1H2. The van der Waals surface area contributed by atoms with E-state index in [0.717, 1.165) is 0 Å². The SMILES string of the molecule is N#CCc1occc1O. The maximum atomic E-state index is 8.84. The molecule has 0 aromatic carbocycles. The van der Waals surface area contributed by atoms with Gasteiger partial charge < -0.3 is 9.52 Å². The van der Waals surface area contributed by atoms with Crippen LogP contribution in [0.1, 0.15) is 5.76 Å². The lowest BCUT2D eigenvalue weighted by Gasteiger charge is -1.84. The van der Waals surface area contributed by atoms with E-state index < -0.39 is 0 Å². The molecule has 0 radical (unpaired) electrons. The van der Waals surface area contributed by atoms with Crippen molar-refractivity contribution in [2.45, 2.75) is 6.42 Å². The largest absolute Gasteiger partial charge is 0.504 e. The van der Waals surface area contributed by atoms with Crippen LogP contribution in [0.2, 0.25) is 0 Å². The topological polar surface area (TPSA) is 57.2 Å². The van der Waals surface area contributed by atoms with Gasteiger partial charge >= 0.3 is 0 Å². The quantitative estimate of drug-likeness (QED) is 0.607. The fourth-order valence-corrected chi connectivity index (χ4v) is 0.538. The van der Waals surface area contributed by atoms with Crippen molar-refractivity contribution in [3.63, 3.8) is 0 Å². The van der Waals surface area contributed by atoms with E-state index in [-0.39, 0.29) is 12.2 Å². The predicted molar refractivity (Wildman–Crippen MR) is 29.7 cm³/mol. The third-order valence-electron chi connectivity index (χ3n) is 0.962. The van der Waals surface area contributed by atoms with Gasteiger partial charge in [0, 0.05) is 6.07 Å². The second-order valence-corrected chi connectivity index (χ2v) is 1.56. The van der Waals surface area contributed by atoms with Crippen LogP contribution >= 0.6 is 0 Å². The number of aromatic hydroxyl groups is 1. The molecule has 0 atom stereocenters. The van der Waals surface area contributed by atoms with E-state index in [1.807, 2.05) is 6.07 Å². The average molecular weight is 123 g/mol. The zero-order valence-electron chi connectivity index (χ0n) is 4.66. The zero-order chi connectivity index (χ0) is 6.69. The lowest BCUT2D eigenvalue weighted by Crippen LogP contribution is -1.73. The van der Waals surface area contributed by atoms with Gasteiger partial charge in [-0.15, -0.1) is 0 Å². The van der Waals surface area contributed by atoms with E-state index in [1.165, 1.54) is 12.3 Å². The Kier molecular flexibility index (Phi) is 1.41. The number of rotatable bonds is 1. The van der Waals surface area contributed by atoms with Gasteiger partial charge in [0.2, 0.25) is 0 Å². The smallest absolute Gasteiger partial charge is 0.159 e. The Morgan fingerprint density at radius 2 is 2.56 bits per heavy atom. The molecule has 1 rings (SSSR count). The van der Waals surface area contributed by atoms with Crippen LogP contribution in [0.5, 0.6) is 5.75 Å². The van der Waals surface area contributed by atoms with Crippen LogP contribution in [0.4, 0.5) is 0 Å². The molecule has 1 N–H and O–H groups in total. The number of nitriles is 1. The first kappa shape index (κ1) is 5.70. The van der Waals surface area contributed by atoms with Crippen molar-refractivity contribution in [1.82, 2.24) is 0 Å². The summed E-state index contributed by atoms with van der Waals surface area (Å²) in [6, 6.07) is 3.27. The highest BCUT2D eigenvalue weighted by Gasteiger charge is 2.00.